The minimum absolute atomic E-state index is 0.805. The molecule has 2 heteroatoms. The molecule has 20 heavy (non-hydrogen) atoms. The first kappa shape index (κ1) is 14.4. The summed E-state index contributed by atoms with van der Waals surface area (Å²) in [6, 6.07) is 13.0. The standard InChI is InChI=1S/C18H24N2/c1-4-5-15-6-8-16(9-7-15)12-20-18-11-14(3)13(2)10-17(18)19/h6-11,20H,4-5,12,19H2,1-3H3. The van der Waals surface area contributed by atoms with Crippen molar-refractivity contribution >= 4 is 11.4 Å². The van der Waals surface area contributed by atoms with E-state index in [9.17, 15) is 0 Å². The first-order valence-electron chi connectivity index (χ1n) is 7.28. The highest BCUT2D eigenvalue weighted by Gasteiger charge is 2.02. The molecule has 2 nitrogen and oxygen atoms in total. The summed E-state index contributed by atoms with van der Waals surface area (Å²) in [6.45, 7) is 7.21. The van der Waals surface area contributed by atoms with E-state index in [1.54, 1.807) is 0 Å². The molecule has 0 atom stereocenters. The van der Waals surface area contributed by atoms with Crippen molar-refractivity contribution in [2.75, 3.05) is 11.1 Å². The molecule has 0 bridgehead atoms. The molecule has 0 saturated heterocycles. The fourth-order valence-corrected chi connectivity index (χ4v) is 2.30. The zero-order valence-corrected chi connectivity index (χ0v) is 12.7. The summed E-state index contributed by atoms with van der Waals surface area (Å²) < 4.78 is 0. The molecule has 0 amide bonds. The van der Waals surface area contributed by atoms with Gasteiger partial charge in [-0.25, -0.2) is 0 Å². The largest absolute Gasteiger partial charge is 0.397 e. The summed E-state index contributed by atoms with van der Waals surface area (Å²) >= 11 is 0. The Labute approximate surface area is 122 Å². The van der Waals surface area contributed by atoms with E-state index in [-0.39, 0.29) is 0 Å². The summed E-state index contributed by atoms with van der Waals surface area (Å²) in [5.41, 5.74) is 13.1. The van der Waals surface area contributed by atoms with Gasteiger partial charge in [0.05, 0.1) is 11.4 Å². The molecular weight excluding hydrogens is 244 g/mol. The Bertz CT molecular complexity index is 571. The van der Waals surface area contributed by atoms with Gasteiger partial charge in [0.1, 0.15) is 0 Å². The molecule has 0 aliphatic rings. The molecule has 0 radical (unpaired) electrons. The molecule has 0 spiro atoms. The Hall–Kier alpha value is -1.96. The fourth-order valence-electron chi connectivity index (χ4n) is 2.30. The number of nitrogens with one attached hydrogen (secondary N) is 1. The molecule has 106 valence electrons. The molecule has 0 saturated carbocycles. The maximum atomic E-state index is 6.06. The molecule has 3 N–H and O–H groups in total. The third kappa shape index (κ3) is 3.53. The van der Waals surface area contributed by atoms with Gasteiger partial charge in [0.2, 0.25) is 0 Å². The Morgan fingerprint density at radius 3 is 2.20 bits per heavy atom. The van der Waals surface area contributed by atoms with E-state index in [0.29, 0.717) is 0 Å². The number of nitrogen functional groups attached to an aromatic ring is 1. The lowest BCUT2D eigenvalue weighted by atomic mass is 10.1. The van der Waals surface area contributed by atoms with Gasteiger partial charge in [0.25, 0.3) is 0 Å². The van der Waals surface area contributed by atoms with Crippen molar-refractivity contribution in [3.05, 3.63) is 58.7 Å². The molecule has 0 aliphatic heterocycles. The second-order valence-corrected chi connectivity index (χ2v) is 5.44. The summed E-state index contributed by atoms with van der Waals surface area (Å²) in [4.78, 5) is 0. The van der Waals surface area contributed by atoms with Crippen LogP contribution in [-0.4, -0.2) is 0 Å². The predicted octanol–water partition coefficient (Wildman–Crippen LogP) is 4.45. The zero-order chi connectivity index (χ0) is 14.5. The van der Waals surface area contributed by atoms with Crippen molar-refractivity contribution in [2.45, 2.75) is 40.2 Å². The average Bonchev–Trinajstić information content (AvgIpc) is 2.43. The molecule has 0 aromatic heterocycles. The topological polar surface area (TPSA) is 38.0 Å². The Morgan fingerprint density at radius 2 is 1.55 bits per heavy atom. The number of hydrogen-bond acceptors (Lipinski definition) is 2. The van der Waals surface area contributed by atoms with Crippen molar-refractivity contribution in [2.24, 2.45) is 0 Å². The van der Waals surface area contributed by atoms with E-state index in [0.717, 1.165) is 24.3 Å². The highest BCUT2D eigenvalue weighted by molar-refractivity contribution is 5.68. The van der Waals surface area contributed by atoms with Gasteiger partial charge in [-0.3, -0.25) is 0 Å². The van der Waals surface area contributed by atoms with Crippen LogP contribution < -0.4 is 11.1 Å². The molecule has 0 unspecified atom stereocenters. The molecule has 2 rings (SSSR count). The Kier molecular flexibility index (Phi) is 4.67. The number of rotatable bonds is 5. The summed E-state index contributed by atoms with van der Waals surface area (Å²) in [7, 11) is 0. The number of aryl methyl sites for hydroxylation is 3. The highest BCUT2D eigenvalue weighted by Crippen LogP contribution is 2.23. The second kappa shape index (κ2) is 6.47. The predicted molar refractivity (Wildman–Crippen MR) is 88.1 cm³/mol. The van der Waals surface area contributed by atoms with Gasteiger partial charge in [0, 0.05) is 6.54 Å². The Morgan fingerprint density at radius 1 is 0.950 bits per heavy atom. The molecule has 0 heterocycles. The Balaban J connectivity index is 2.03. The lowest BCUT2D eigenvalue weighted by Gasteiger charge is -2.12. The van der Waals surface area contributed by atoms with Crippen LogP contribution in [0.3, 0.4) is 0 Å². The van der Waals surface area contributed by atoms with Crippen LogP contribution in [0.25, 0.3) is 0 Å². The van der Waals surface area contributed by atoms with Crippen molar-refractivity contribution in [1.82, 2.24) is 0 Å². The SMILES string of the molecule is CCCc1ccc(CNc2cc(C)c(C)cc2N)cc1. The maximum absolute atomic E-state index is 6.06. The first-order chi connectivity index (χ1) is 9.60. The number of hydrogen-bond donors (Lipinski definition) is 2. The van der Waals surface area contributed by atoms with E-state index in [1.807, 2.05) is 6.07 Å². The van der Waals surface area contributed by atoms with Crippen LogP contribution >= 0.6 is 0 Å². The van der Waals surface area contributed by atoms with Crippen LogP contribution in [0.5, 0.6) is 0 Å². The molecule has 0 fully saturated rings. The first-order valence-corrected chi connectivity index (χ1v) is 7.28. The molecular formula is C18H24N2. The van der Waals surface area contributed by atoms with Crippen LogP contribution in [0.15, 0.2) is 36.4 Å². The molecule has 2 aromatic carbocycles. The zero-order valence-electron chi connectivity index (χ0n) is 12.7. The van der Waals surface area contributed by atoms with E-state index in [2.05, 4.69) is 56.4 Å². The van der Waals surface area contributed by atoms with Crippen molar-refractivity contribution in [3.63, 3.8) is 0 Å². The monoisotopic (exact) mass is 268 g/mol. The third-order valence-electron chi connectivity index (χ3n) is 3.71. The quantitative estimate of drug-likeness (QED) is 0.786. The van der Waals surface area contributed by atoms with Gasteiger partial charge in [-0.05, 0) is 54.7 Å². The van der Waals surface area contributed by atoms with Crippen molar-refractivity contribution < 1.29 is 0 Å². The minimum Gasteiger partial charge on any atom is -0.397 e. The number of nitrogens with two attached hydrogens (primary N) is 1. The maximum Gasteiger partial charge on any atom is 0.0579 e. The van der Waals surface area contributed by atoms with Crippen molar-refractivity contribution in [1.29, 1.82) is 0 Å². The molecule has 0 aliphatic carbocycles. The summed E-state index contributed by atoms with van der Waals surface area (Å²) in [6.07, 6.45) is 2.34. The van der Waals surface area contributed by atoms with Crippen molar-refractivity contribution in [3.8, 4) is 0 Å². The lowest BCUT2D eigenvalue weighted by molar-refractivity contribution is 0.920. The van der Waals surface area contributed by atoms with Crippen LogP contribution in [0.4, 0.5) is 11.4 Å². The van der Waals surface area contributed by atoms with Gasteiger partial charge in [-0.15, -0.1) is 0 Å². The second-order valence-electron chi connectivity index (χ2n) is 5.44. The smallest absolute Gasteiger partial charge is 0.0579 e. The minimum atomic E-state index is 0.805. The lowest BCUT2D eigenvalue weighted by Crippen LogP contribution is -2.03. The van der Waals surface area contributed by atoms with Crippen LogP contribution in [0.1, 0.15) is 35.6 Å². The normalized spacial score (nSPS) is 10.6. The summed E-state index contributed by atoms with van der Waals surface area (Å²) in [5.74, 6) is 0. The number of benzene rings is 2. The average molecular weight is 268 g/mol. The van der Waals surface area contributed by atoms with E-state index >= 15 is 0 Å². The van der Waals surface area contributed by atoms with Crippen LogP contribution in [0.2, 0.25) is 0 Å². The van der Waals surface area contributed by atoms with Gasteiger partial charge >= 0.3 is 0 Å². The number of anilines is 2. The molecule has 2 aromatic rings. The van der Waals surface area contributed by atoms with Gasteiger partial charge in [0.15, 0.2) is 0 Å². The van der Waals surface area contributed by atoms with Crippen LogP contribution in [0, 0.1) is 13.8 Å². The third-order valence-corrected chi connectivity index (χ3v) is 3.71. The van der Waals surface area contributed by atoms with E-state index in [1.165, 1.54) is 28.7 Å². The van der Waals surface area contributed by atoms with Gasteiger partial charge < -0.3 is 11.1 Å². The van der Waals surface area contributed by atoms with E-state index < -0.39 is 0 Å². The van der Waals surface area contributed by atoms with Gasteiger partial charge in [-0.2, -0.15) is 0 Å². The fraction of sp³-hybridized carbons (Fsp3) is 0.333. The highest BCUT2D eigenvalue weighted by atomic mass is 14.9. The van der Waals surface area contributed by atoms with E-state index in [4.69, 9.17) is 5.73 Å². The van der Waals surface area contributed by atoms with Crippen LogP contribution in [-0.2, 0) is 13.0 Å². The van der Waals surface area contributed by atoms with Gasteiger partial charge in [-0.1, -0.05) is 37.6 Å². The summed E-state index contributed by atoms with van der Waals surface area (Å²) in [5, 5.41) is 3.42.